The first-order chi connectivity index (χ1) is 10.9. The largest absolute Gasteiger partial charge is 0.456 e. The standard InChI is InChI=1S/C20H27NO2/c1-5-6-13-21-14-18-16-10-8-7-9-15(16)11-12-17(18)19(22)23-20(2,3)4/h7-12,21H,5-6,13-14H2,1-4H3. The van der Waals surface area contributed by atoms with Crippen LogP contribution in [0.3, 0.4) is 0 Å². The highest BCUT2D eigenvalue weighted by molar-refractivity contribution is 5.98. The second-order valence-corrected chi connectivity index (χ2v) is 6.85. The van der Waals surface area contributed by atoms with Crippen LogP contribution in [0.2, 0.25) is 0 Å². The molecule has 0 atom stereocenters. The summed E-state index contributed by atoms with van der Waals surface area (Å²) in [4.78, 5) is 12.6. The number of benzene rings is 2. The molecule has 0 radical (unpaired) electrons. The molecule has 0 saturated heterocycles. The first kappa shape index (κ1) is 17.5. The molecular formula is C20H27NO2. The lowest BCUT2D eigenvalue weighted by Gasteiger charge is -2.21. The maximum atomic E-state index is 12.6. The van der Waals surface area contributed by atoms with Crippen LogP contribution in [0.25, 0.3) is 10.8 Å². The minimum atomic E-state index is -0.490. The summed E-state index contributed by atoms with van der Waals surface area (Å²) < 4.78 is 5.57. The monoisotopic (exact) mass is 313 g/mol. The first-order valence-corrected chi connectivity index (χ1v) is 8.37. The van der Waals surface area contributed by atoms with E-state index in [9.17, 15) is 4.79 Å². The van der Waals surface area contributed by atoms with Gasteiger partial charge in [-0.05, 0) is 56.1 Å². The van der Waals surface area contributed by atoms with Gasteiger partial charge in [0.05, 0.1) is 5.56 Å². The van der Waals surface area contributed by atoms with Gasteiger partial charge in [0.15, 0.2) is 0 Å². The van der Waals surface area contributed by atoms with Crippen molar-refractivity contribution in [3.05, 3.63) is 47.5 Å². The normalized spacial score (nSPS) is 11.7. The highest BCUT2D eigenvalue weighted by Crippen LogP contribution is 2.24. The van der Waals surface area contributed by atoms with Crippen LogP contribution in [0, 0.1) is 0 Å². The van der Waals surface area contributed by atoms with Gasteiger partial charge in [0.1, 0.15) is 5.60 Å². The van der Waals surface area contributed by atoms with Crippen LogP contribution in [0.5, 0.6) is 0 Å². The maximum Gasteiger partial charge on any atom is 0.338 e. The van der Waals surface area contributed by atoms with Crippen LogP contribution >= 0.6 is 0 Å². The Balaban J connectivity index is 2.36. The lowest BCUT2D eigenvalue weighted by molar-refractivity contribution is 0.00684. The molecule has 0 amide bonds. The second-order valence-electron chi connectivity index (χ2n) is 6.85. The van der Waals surface area contributed by atoms with Crippen molar-refractivity contribution in [3.8, 4) is 0 Å². The van der Waals surface area contributed by atoms with Gasteiger partial charge in [0, 0.05) is 6.54 Å². The smallest absolute Gasteiger partial charge is 0.338 e. The van der Waals surface area contributed by atoms with Gasteiger partial charge >= 0.3 is 5.97 Å². The summed E-state index contributed by atoms with van der Waals surface area (Å²) >= 11 is 0. The van der Waals surface area contributed by atoms with E-state index in [0.29, 0.717) is 12.1 Å². The minimum absolute atomic E-state index is 0.254. The molecule has 3 heteroatoms. The van der Waals surface area contributed by atoms with E-state index in [0.717, 1.165) is 35.7 Å². The van der Waals surface area contributed by atoms with Crippen molar-refractivity contribution < 1.29 is 9.53 Å². The van der Waals surface area contributed by atoms with Crippen LogP contribution in [-0.2, 0) is 11.3 Å². The molecule has 0 aliphatic rings. The lowest BCUT2D eigenvalue weighted by atomic mass is 9.98. The number of carbonyl (C=O) groups excluding carboxylic acids is 1. The SMILES string of the molecule is CCCCNCc1c(C(=O)OC(C)(C)C)ccc2ccccc12. The number of hydrogen-bond donors (Lipinski definition) is 1. The summed E-state index contributed by atoms with van der Waals surface area (Å²) in [6.07, 6.45) is 2.29. The van der Waals surface area contributed by atoms with Crippen molar-refractivity contribution in [2.45, 2.75) is 52.7 Å². The zero-order chi connectivity index (χ0) is 16.9. The highest BCUT2D eigenvalue weighted by Gasteiger charge is 2.21. The molecule has 0 aliphatic heterocycles. The second kappa shape index (κ2) is 7.60. The van der Waals surface area contributed by atoms with Gasteiger partial charge in [-0.1, -0.05) is 43.7 Å². The Morgan fingerprint density at radius 1 is 1.13 bits per heavy atom. The van der Waals surface area contributed by atoms with Crippen LogP contribution in [0.15, 0.2) is 36.4 Å². The third-order valence-electron chi connectivity index (χ3n) is 3.67. The molecule has 3 nitrogen and oxygen atoms in total. The number of hydrogen-bond acceptors (Lipinski definition) is 3. The van der Waals surface area contributed by atoms with E-state index in [1.54, 1.807) is 0 Å². The fourth-order valence-electron chi connectivity index (χ4n) is 2.57. The number of esters is 1. The van der Waals surface area contributed by atoms with Crippen LogP contribution in [-0.4, -0.2) is 18.1 Å². The van der Waals surface area contributed by atoms with Gasteiger partial charge in [0.25, 0.3) is 0 Å². The molecule has 0 fully saturated rings. The van der Waals surface area contributed by atoms with Crippen molar-refractivity contribution in [1.29, 1.82) is 0 Å². The molecule has 2 rings (SSSR count). The zero-order valence-electron chi connectivity index (χ0n) is 14.6. The summed E-state index contributed by atoms with van der Waals surface area (Å²) in [5.41, 5.74) is 1.19. The average Bonchev–Trinajstić information content (AvgIpc) is 2.49. The quantitative estimate of drug-likeness (QED) is 0.621. The van der Waals surface area contributed by atoms with E-state index in [1.807, 2.05) is 45.0 Å². The van der Waals surface area contributed by atoms with E-state index < -0.39 is 5.60 Å². The topological polar surface area (TPSA) is 38.3 Å². The van der Waals surface area contributed by atoms with E-state index >= 15 is 0 Å². The third-order valence-corrected chi connectivity index (χ3v) is 3.67. The Hall–Kier alpha value is -1.87. The Morgan fingerprint density at radius 3 is 2.57 bits per heavy atom. The Bertz CT molecular complexity index is 671. The molecule has 124 valence electrons. The van der Waals surface area contributed by atoms with E-state index in [1.165, 1.54) is 0 Å². The van der Waals surface area contributed by atoms with Gasteiger partial charge in [-0.2, -0.15) is 0 Å². The Labute approximate surface area is 139 Å². The van der Waals surface area contributed by atoms with Crippen molar-refractivity contribution in [2.24, 2.45) is 0 Å². The first-order valence-electron chi connectivity index (χ1n) is 8.37. The number of fused-ring (bicyclic) bond motifs is 1. The molecule has 0 spiro atoms. The van der Waals surface area contributed by atoms with Gasteiger partial charge in [-0.25, -0.2) is 4.79 Å². The fourth-order valence-corrected chi connectivity index (χ4v) is 2.57. The average molecular weight is 313 g/mol. The van der Waals surface area contributed by atoms with Crippen LogP contribution < -0.4 is 5.32 Å². The molecule has 0 unspecified atom stereocenters. The Kier molecular flexibility index (Phi) is 5.78. The van der Waals surface area contributed by atoms with Gasteiger partial charge in [0.2, 0.25) is 0 Å². The van der Waals surface area contributed by atoms with Crippen molar-refractivity contribution in [1.82, 2.24) is 5.32 Å². The molecular weight excluding hydrogens is 286 g/mol. The van der Waals surface area contributed by atoms with Crippen molar-refractivity contribution >= 4 is 16.7 Å². The van der Waals surface area contributed by atoms with Gasteiger partial charge in [-0.15, -0.1) is 0 Å². The number of carbonyl (C=O) groups is 1. The number of nitrogens with one attached hydrogen (secondary N) is 1. The number of unbranched alkanes of at least 4 members (excludes halogenated alkanes) is 1. The lowest BCUT2D eigenvalue weighted by Crippen LogP contribution is -2.25. The molecule has 23 heavy (non-hydrogen) atoms. The molecule has 0 aliphatic carbocycles. The van der Waals surface area contributed by atoms with E-state index in [2.05, 4.69) is 24.4 Å². The van der Waals surface area contributed by atoms with E-state index in [-0.39, 0.29) is 5.97 Å². The zero-order valence-corrected chi connectivity index (χ0v) is 14.6. The summed E-state index contributed by atoms with van der Waals surface area (Å²) in [5.74, 6) is -0.254. The fraction of sp³-hybridized carbons (Fsp3) is 0.450. The maximum absolute atomic E-state index is 12.6. The summed E-state index contributed by atoms with van der Waals surface area (Å²) in [6, 6.07) is 12.0. The Morgan fingerprint density at radius 2 is 1.87 bits per heavy atom. The number of rotatable bonds is 6. The molecule has 2 aromatic rings. The van der Waals surface area contributed by atoms with Crippen LogP contribution in [0.4, 0.5) is 0 Å². The minimum Gasteiger partial charge on any atom is -0.456 e. The van der Waals surface area contributed by atoms with Crippen LogP contribution in [0.1, 0.15) is 56.5 Å². The van der Waals surface area contributed by atoms with Crippen molar-refractivity contribution in [2.75, 3.05) is 6.54 Å². The highest BCUT2D eigenvalue weighted by atomic mass is 16.6. The van der Waals surface area contributed by atoms with Crippen molar-refractivity contribution in [3.63, 3.8) is 0 Å². The molecule has 2 aromatic carbocycles. The third kappa shape index (κ3) is 4.80. The predicted octanol–water partition coefficient (Wildman–Crippen LogP) is 4.68. The molecule has 0 aromatic heterocycles. The van der Waals surface area contributed by atoms with Gasteiger partial charge < -0.3 is 10.1 Å². The molecule has 0 heterocycles. The molecule has 1 N–H and O–H groups in total. The predicted molar refractivity (Wildman–Crippen MR) is 95.7 cm³/mol. The molecule has 0 saturated carbocycles. The summed E-state index contributed by atoms with van der Waals surface area (Å²) in [6.45, 7) is 9.48. The summed E-state index contributed by atoms with van der Waals surface area (Å²) in [7, 11) is 0. The molecule has 0 bridgehead atoms. The number of ether oxygens (including phenoxy) is 1. The van der Waals surface area contributed by atoms with Gasteiger partial charge in [-0.3, -0.25) is 0 Å². The summed E-state index contributed by atoms with van der Waals surface area (Å²) in [5, 5.41) is 5.70. The van der Waals surface area contributed by atoms with E-state index in [4.69, 9.17) is 4.74 Å².